The van der Waals surface area contributed by atoms with Crippen LogP contribution in [-0.4, -0.2) is 43.9 Å². The fourth-order valence-corrected chi connectivity index (χ4v) is 4.25. The number of aromatic hydroxyl groups is 1. The molecule has 1 aliphatic heterocycles. The van der Waals surface area contributed by atoms with E-state index in [1.54, 1.807) is 14.2 Å². The molecule has 2 N–H and O–H groups in total. The molecular weight excluding hydrogens is 376 g/mol. The molecule has 1 aliphatic carbocycles. The Balaban J connectivity index is 2.12. The van der Waals surface area contributed by atoms with Gasteiger partial charge in [0.15, 0.2) is 23.0 Å². The molecule has 1 heterocycles. The van der Waals surface area contributed by atoms with E-state index in [1.807, 2.05) is 26.0 Å². The minimum Gasteiger partial charge on any atom is -0.504 e. The van der Waals surface area contributed by atoms with Gasteiger partial charge in [-0.05, 0) is 42.5 Å². The van der Waals surface area contributed by atoms with Gasteiger partial charge in [-0.25, -0.2) is 0 Å². The fraction of sp³-hybridized carbons (Fsp3) is 0.455. The second-order valence-corrected chi connectivity index (χ2v) is 7.81. The van der Waals surface area contributed by atoms with Crippen molar-refractivity contribution in [3.63, 3.8) is 0 Å². The maximum atomic E-state index is 11.2. The third-order valence-electron chi connectivity index (χ3n) is 6.02. The molecule has 7 nitrogen and oxygen atoms in total. The standard InChI is InChI=1S/C22H26O7/c1-11-6-12-7-15-19(29-10-28-15)18(23)16(12)17-13(9-22(11,2)24)8-14(25-3)20(26-4)21(17)27-5/h7-8,11,23-24H,6,9-10H2,1-5H3/t11-,22+/m1/s1. The Morgan fingerprint density at radius 1 is 1.00 bits per heavy atom. The molecular formula is C22H26O7. The summed E-state index contributed by atoms with van der Waals surface area (Å²) in [6, 6.07) is 3.70. The lowest BCUT2D eigenvalue weighted by atomic mass is 9.75. The Morgan fingerprint density at radius 3 is 2.38 bits per heavy atom. The molecule has 2 aromatic rings. The molecule has 0 amide bonds. The summed E-state index contributed by atoms with van der Waals surface area (Å²) < 4.78 is 27.8. The Bertz CT molecular complexity index is 965. The molecule has 0 saturated carbocycles. The summed E-state index contributed by atoms with van der Waals surface area (Å²) in [5.74, 6) is 2.08. The van der Waals surface area contributed by atoms with Crippen LogP contribution in [0, 0.1) is 5.92 Å². The van der Waals surface area contributed by atoms with Gasteiger partial charge in [-0.1, -0.05) is 6.92 Å². The van der Waals surface area contributed by atoms with Crippen LogP contribution >= 0.6 is 0 Å². The Hall–Kier alpha value is -2.80. The summed E-state index contributed by atoms with van der Waals surface area (Å²) in [4.78, 5) is 0. The van der Waals surface area contributed by atoms with Gasteiger partial charge in [-0.2, -0.15) is 0 Å². The van der Waals surface area contributed by atoms with Gasteiger partial charge in [-0.3, -0.25) is 0 Å². The normalized spacial score (nSPS) is 22.2. The summed E-state index contributed by atoms with van der Waals surface area (Å²) in [5, 5.41) is 22.4. The van der Waals surface area contributed by atoms with Crippen molar-refractivity contribution in [3.05, 3.63) is 23.3 Å². The molecule has 0 fully saturated rings. The van der Waals surface area contributed by atoms with Gasteiger partial charge in [0.05, 0.1) is 26.9 Å². The van der Waals surface area contributed by atoms with Gasteiger partial charge < -0.3 is 33.9 Å². The zero-order valence-corrected chi connectivity index (χ0v) is 17.3. The molecule has 0 unspecified atom stereocenters. The van der Waals surface area contributed by atoms with Crippen LogP contribution in [0.1, 0.15) is 25.0 Å². The largest absolute Gasteiger partial charge is 0.504 e. The molecule has 0 radical (unpaired) electrons. The first-order valence-electron chi connectivity index (χ1n) is 9.51. The third kappa shape index (κ3) is 2.92. The highest BCUT2D eigenvalue weighted by Crippen LogP contribution is 2.56. The number of methoxy groups -OCH3 is 3. The number of fused-ring (bicyclic) bond motifs is 4. The predicted octanol–water partition coefficient (Wildman–Crippen LogP) is 3.30. The second-order valence-electron chi connectivity index (χ2n) is 7.81. The van der Waals surface area contributed by atoms with Crippen LogP contribution in [0.2, 0.25) is 0 Å². The number of phenols is 1. The Morgan fingerprint density at radius 2 is 1.72 bits per heavy atom. The quantitative estimate of drug-likeness (QED) is 0.815. The first-order valence-corrected chi connectivity index (χ1v) is 9.51. The van der Waals surface area contributed by atoms with Crippen molar-refractivity contribution in [3.8, 4) is 45.6 Å². The van der Waals surface area contributed by atoms with E-state index in [-0.39, 0.29) is 18.5 Å². The van der Waals surface area contributed by atoms with E-state index in [0.29, 0.717) is 52.7 Å². The molecule has 0 aromatic heterocycles. The molecule has 0 spiro atoms. The van der Waals surface area contributed by atoms with Crippen LogP contribution < -0.4 is 23.7 Å². The highest BCUT2D eigenvalue weighted by molar-refractivity contribution is 5.88. The van der Waals surface area contributed by atoms with Gasteiger partial charge in [0, 0.05) is 17.5 Å². The molecule has 7 heteroatoms. The second kappa shape index (κ2) is 6.91. The molecule has 2 aromatic carbocycles. The smallest absolute Gasteiger partial charge is 0.231 e. The topological polar surface area (TPSA) is 86.6 Å². The highest BCUT2D eigenvalue weighted by atomic mass is 16.7. The molecule has 156 valence electrons. The lowest BCUT2D eigenvalue weighted by Gasteiger charge is -2.35. The lowest BCUT2D eigenvalue weighted by Crippen LogP contribution is -2.37. The Labute approximate surface area is 169 Å². The van der Waals surface area contributed by atoms with Gasteiger partial charge in [-0.15, -0.1) is 0 Å². The summed E-state index contributed by atoms with van der Waals surface area (Å²) >= 11 is 0. The SMILES string of the molecule is COc1cc2c(c(OC)c1OC)-c1c(cc3c(c1O)OCO3)C[C@@H](C)[C@@](C)(O)C2. The maximum absolute atomic E-state index is 11.2. The molecule has 0 saturated heterocycles. The van der Waals surface area contributed by atoms with Gasteiger partial charge in [0.2, 0.25) is 18.3 Å². The minimum absolute atomic E-state index is 0.00415. The summed E-state index contributed by atoms with van der Waals surface area (Å²) in [6.45, 7) is 3.87. The van der Waals surface area contributed by atoms with Crippen LogP contribution in [-0.2, 0) is 12.8 Å². The van der Waals surface area contributed by atoms with Crippen LogP contribution in [0.4, 0.5) is 0 Å². The number of benzene rings is 2. The maximum Gasteiger partial charge on any atom is 0.231 e. The first kappa shape index (κ1) is 19.5. The van der Waals surface area contributed by atoms with Crippen molar-refractivity contribution in [2.45, 2.75) is 32.3 Å². The number of hydrogen-bond acceptors (Lipinski definition) is 7. The number of aliphatic hydroxyl groups is 1. The first-order chi connectivity index (χ1) is 13.8. The van der Waals surface area contributed by atoms with Gasteiger partial charge in [0.25, 0.3) is 0 Å². The predicted molar refractivity (Wildman–Crippen MR) is 107 cm³/mol. The highest BCUT2D eigenvalue weighted by Gasteiger charge is 2.38. The number of phenolic OH excluding ortho intramolecular Hbond substituents is 1. The lowest BCUT2D eigenvalue weighted by molar-refractivity contribution is 0.00629. The van der Waals surface area contributed by atoms with E-state index >= 15 is 0 Å². The molecule has 2 atom stereocenters. The van der Waals surface area contributed by atoms with E-state index in [2.05, 4.69) is 0 Å². The van der Waals surface area contributed by atoms with Crippen molar-refractivity contribution >= 4 is 0 Å². The van der Waals surface area contributed by atoms with Crippen molar-refractivity contribution < 1.29 is 33.9 Å². The zero-order valence-electron chi connectivity index (χ0n) is 17.3. The Kier molecular flexibility index (Phi) is 4.65. The molecule has 2 aliphatic rings. The van der Waals surface area contributed by atoms with Crippen LogP contribution in [0.5, 0.6) is 34.5 Å². The molecule has 4 rings (SSSR count). The van der Waals surface area contributed by atoms with E-state index < -0.39 is 5.60 Å². The van der Waals surface area contributed by atoms with E-state index in [0.717, 1.165) is 11.1 Å². The monoisotopic (exact) mass is 402 g/mol. The van der Waals surface area contributed by atoms with E-state index in [4.69, 9.17) is 23.7 Å². The third-order valence-corrected chi connectivity index (χ3v) is 6.02. The summed E-state index contributed by atoms with van der Waals surface area (Å²) in [5.41, 5.74) is 1.90. The average Bonchev–Trinajstić information content (AvgIpc) is 3.15. The van der Waals surface area contributed by atoms with Crippen molar-refractivity contribution in [2.24, 2.45) is 5.92 Å². The molecule has 0 bridgehead atoms. The summed E-state index contributed by atoms with van der Waals surface area (Å²) in [6.07, 6.45) is 0.900. The van der Waals surface area contributed by atoms with Crippen molar-refractivity contribution in [2.75, 3.05) is 28.1 Å². The number of ether oxygens (including phenoxy) is 5. The van der Waals surface area contributed by atoms with Crippen molar-refractivity contribution in [1.82, 2.24) is 0 Å². The zero-order chi connectivity index (χ0) is 20.9. The van der Waals surface area contributed by atoms with E-state index in [1.165, 1.54) is 7.11 Å². The van der Waals surface area contributed by atoms with Crippen LogP contribution in [0.15, 0.2) is 12.1 Å². The number of hydrogen-bond donors (Lipinski definition) is 2. The van der Waals surface area contributed by atoms with Crippen LogP contribution in [0.3, 0.4) is 0 Å². The number of rotatable bonds is 3. The van der Waals surface area contributed by atoms with Crippen LogP contribution in [0.25, 0.3) is 11.1 Å². The summed E-state index contributed by atoms with van der Waals surface area (Å²) in [7, 11) is 4.63. The average molecular weight is 402 g/mol. The fourth-order valence-electron chi connectivity index (χ4n) is 4.25. The van der Waals surface area contributed by atoms with Gasteiger partial charge >= 0.3 is 0 Å². The van der Waals surface area contributed by atoms with Crippen molar-refractivity contribution in [1.29, 1.82) is 0 Å². The minimum atomic E-state index is -0.983. The molecule has 29 heavy (non-hydrogen) atoms. The van der Waals surface area contributed by atoms with E-state index in [9.17, 15) is 10.2 Å². The van der Waals surface area contributed by atoms with Gasteiger partial charge in [0.1, 0.15) is 0 Å².